The van der Waals surface area contributed by atoms with Gasteiger partial charge in [-0.2, -0.15) is 0 Å². The van der Waals surface area contributed by atoms with Crippen LogP contribution in [-0.4, -0.2) is 9.55 Å². The van der Waals surface area contributed by atoms with Crippen molar-refractivity contribution in [2.24, 2.45) is 5.92 Å². The number of rotatable bonds is 3. The van der Waals surface area contributed by atoms with Crippen molar-refractivity contribution >= 4 is 45.1 Å². The molecule has 20 heavy (non-hydrogen) atoms. The third-order valence-corrected chi connectivity index (χ3v) is 5.43. The Morgan fingerprint density at radius 1 is 1.25 bits per heavy atom. The van der Waals surface area contributed by atoms with Crippen LogP contribution in [0.3, 0.4) is 0 Å². The molecule has 3 aromatic rings. The van der Waals surface area contributed by atoms with E-state index in [1.165, 1.54) is 11.3 Å². The first-order valence-electron chi connectivity index (χ1n) is 6.35. The number of nitrogens with zero attached hydrogens (tertiary/aromatic N) is 1. The fourth-order valence-electron chi connectivity index (χ4n) is 2.42. The standard InChI is InChI=1S/C14H14N2OS3/c1-8(2)11(10-4-3-6-19-10)16-13(17)12-9(5-7-20-12)15-14(16)18/h3-8,11H,1-2H3,(H,15,18). The molecule has 3 heterocycles. The van der Waals surface area contributed by atoms with Crippen LogP contribution in [0.25, 0.3) is 10.2 Å². The number of hydrogen-bond acceptors (Lipinski definition) is 4. The lowest BCUT2D eigenvalue weighted by atomic mass is 10.0. The summed E-state index contributed by atoms with van der Waals surface area (Å²) in [5, 5.41) is 3.95. The summed E-state index contributed by atoms with van der Waals surface area (Å²) in [4.78, 5) is 17.1. The molecule has 0 saturated carbocycles. The number of aromatic nitrogens is 2. The van der Waals surface area contributed by atoms with Crippen molar-refractivity contribution in [2.45, 2.75) is 19.9 Å². The van der Waals surface area contributed by atoms with E-state index in [-0.39, 0.29) is 11.6 Å². The Kier molecular flexibility index (Phi) is 3.62. The van der Waals surface area contributed by atoms with Gasteiger partial charge in [-0.15, -0.1) is 22.7 Å². The molecule has 0 aromatic carbocycles. The second-order valence-corrected chi connectivity index (χ2v) is 7.26. The van der Waals surface area contributed by atoms with Crippen LogP contribution in [0, 0.1) is 10.7 Å². The first-order valence-corrected chi connectivity index (χ1v) is 8.51. The SMILES string of the molecule is CC(C)C(c1cccs1)n1c(=S)[nH]c2ccsc2c1=O. The van der Waals surface area contributed by atoms with Gasteiger partial charge in [0.2, 0.25) is 0 Å². The van der Waals surface area contributed by atoms with Gasteiger partial charge in [0, 0.05) is 4.88 Å². The van der Waals surface area contributed by atoms with Crippen molar-refractivity contribution in [3.05, 3.63) is 49.0 Å². The van der Waals surface area contributed by atoms with E-state index in [1.54, 1.807) is 15.9 Å². The fourth-order valence-corrected chi connectivity index (χ4v) is 4.50. The van der Waals surface area contributed by atoms with Crippen LogP contribution in [0.15, 0.2) is 33.8 Å². The second-order valence-electron chi connectivity index (χ2n) is 4.97. The van der Waals surface area contributed by atoms with Crippen LogP contribution >= 0.6 is 34.9 Å². The zero-order valence-corrected chi connectivity index (χ0v) is 13.6. The zero-order valence-electron chi connectivity index (χ0n) is 11.1. The lowest BCUT2D eigenvalue weighted by Crippen LogP contribution is -2.29. The highest BCUT2D eigenvalue weighted by Gasteiger charge is 2.22. The first-order chi connectivity index (χ1) is 9.59. The smallest absolute Gasteiger partial charge is 0.272 e. The largest absolute Gasteiger partial charge is 0.331 e. The van der Waals surface area contributed by atoms with Gasteiger partial charge in [0.1, 0.15) is 4.70 Å². The van der Waals surface area contributed by atoms with Gasteiger partial charge in [-0.25, -0.2) is 0 Å². The Morgan fingerprint density at radius 3 is 2.70 bits per heavy atom. The van der Waals surface area contributed by atoms with Crippen molar-refractivity contribution in [1.82, 2.24) is 9.55 Å². The Labute approximate surface area is 129 Å². The van der Waals surface area contributed by atoms with Crippen LogP contribution < -0.4 is 5.56 Å². The average molecular weight is 322 g/mol. The number of hydrogen-bond donors (Lipinski definition) is 1. The van der Waals surface area contributed by atoms with E-state index in [9.17, 15) is 4.79 Å². The monoisotopic (exact) mass is 322 g/mol. The van der Waals surface area contributed by atoms with E-state index in [0.717, 1.165) is 15.1 Å². The maximum atomic E-state index is 12.7. The van der Waals surface area contributed by atoms with Gasteiger partial charge in [-0.05, 0) is 41.0 Å². The number of thiophene rings is 2. The maximum Gasteiger partial charge on any atom is 0.272 e. The molecule has 0 radical (unpaired) electrons. The van der Waals surface area contributed by atoms with Crippen LogP contribution in [0.2, 0.25) is 0 Å². The van der Waals surface area contributed by atoms with Gasteiger partial charge in [-0.1, -0.05) is 19.9 Å². The molecule has 1 N–H and O–H groups in total. The number of nitrogens with one attached hydrogen (secondary N) is 1. The van der Waals surface area contributed by atoms with E-state index in [1.807, 2.05) is 22.9 Å². The quantitative estimate of drug-likeness (QED) is 0.725. The van der Waals surface area contributed by atoms with E-state index in [2.05, 4.69) is 24.9 Å². The molecule has 0 fully saturated rings. The second kappa shape index (κ2) is 5.27. The van der Waals surface area contributed by atoms with Crippen molar-refractivity contribution < 1.29 is 0 Å². The summed E-state index contributed by atoms with van der Waals surface area (Å²) in [5.41, 5.74) is 0.834. The molecule has 0 aliphatic rings. The fraction of sp³-hybridized carbons (Fsp3) is 0.286. The maximum absolute atomic E-state index is 12.7. The molecule has 0 bridgehead atoms. The molecule has 0 saturated heterocycles. The van der Waals surface area contributed by atoms with E-state index in [4.69, 9.17) is 12.2 Å². The summed E-state index contributed by atoms with van der Waals surface area (Å²) < 4.78 is 2.96. The number of H-pyrrole nitrogens is 1. The molecule has 3 rings (SSSR count). The highest BCUT2D eigenvalue weighted by Crippen LogP contribution is 2.29. The van der Waals surface area contributed by atoms with Crippen molar-refractivity contribution in [3.63, 3.8) is 0 Å². The van der Waals surface area contributed by atoms with Gasteiger partial charge in [0.05, 0.1) is 11.6 Å². The Hall–Kier alpha value is -1.24. The summed E-state index contributed by atoms with van der Waals surface area (Å²) in [7, 11) is 0. The molecule has 3 nitrogen and oxygen atoms in total. The van der Waals surface area contributed by atoms with E-state index < -0.39 is 0 Å². The predicted molar refractivity (Wildman–Crippen MR) is 88.6 cm³/mol. The van der Waals surface area contributed by atoms with Gasteiger partial charge in [-0.3, -0.25) is 9.36 Å². The lowest BCUT2D eigenvalue weighted by Gasteiger charge is -2.22. The summed E-state index contributed by atoms with van der Waals surface area (Å²) in [6.07, 6.45) is 0. The molecule has 104 valence electrons. The topological polar surface area (TPSA) is 37.8 Å². The van der Waals surface area contributed by atoms with Gasteiger partial charge in [0.25, 0.3) is 5.56 Å². The highest BCUT2D eigenvalue weighted by atomic mass is 32.1. The molecule has 0 aliphatic carbocycles. The number of aromatic amines is 1. The summed E-state index contributed by atoms with van der Waals surface area (Å²) in [5.74, 6) is 0.291. The first kappa shape index (κ1) is 13.7. The molecule has 3 aromatic heterocycles. The van der Waals surface area contributed by atoms with Gasteiger partial charge >= 0.3 is 0 Å². The lowest BCUT2D eigenvalue weighted by molar-refractivity contribution is 0.427. The molecule has 6 heteroatoms. The van der Waals surface area contributed by atoms with Crippen LogP contribution in [0.4, 0.5) is 0 Å². The van der Waals surface area contributed by atoms with Crippen LogP contribution in [-0.2, 0) is 0 Å². The van der Waals surface area contributed by atoms with Crippen LogP contribution in [0.5, 0.6) is 0 Å². The summed E-state index contributed by atoms with van der Waals surface area (Å²) in [6.45, 7) is 4.23. The van der Waals surface area contributed by atoms with E-state index >= 15 is 0 Å². The van der Waals surface area contributed by atoms with Gasteiger partial charge in [0.15, 0.2) is 4.77 Å². The molecule has 1 unspecified atom stereocenters. The summed E-state index contributed by atoms with van der Waals surface area (Å²) >= 11 is 8.54. The molecule has 0 spiro atoms. The Bertz CT molecular complexity index is 839. The minimum absolute atomic E-state index is 0.00542. The Morgan fingerprint density at radius 2 is 2.05 bits per heavy atom. The van der Waals surface area contributed by atoms with Crippen molar-refractivity contribution in [3.8, 4) is 0 Å². The predicted octanol–water partition coefficient (Wildman–Crippen LogP) is 4.43. The normalized spacial score (nSPS) is 13.2. The third kappa shape index (κ3) is 2.17. The summed E-state index contributed by atoms with van der Waals surface area (Å²) in [6, 6.07) is 5.96. The van der Waals surface area contributed by atoms with Crippen molar-refractivity contribution in [1.29, 1.82) is 0 Å². The molecule has 0 amide bonds. The Balaban J connectivity index is 2.32. The minimum atomic E-state index is -0.0160. The number of fused-ring (bicyclic) bond motifs is 1. The molecule has 1 atom stereocenters. The average Bonchev–Trinajstić information content (AvgIpc) is 3.03. The minimum Gasteiger partial charge on any atom is -0.331 e. The third-order valence-electron chi connectivity index (χ3n) is 3.28. The molecular weight excluding hydrogens is 308 g/mol. The zero-order chi connectivity index (χ0) is 14.3. The molecular formula is C14H14N2OS3. The molecule has 0 aliphatic heterocycles. The highest BCUT2D eigenvalue weighted by molar-refractivity contribution is 7.71. The van der Waals surface area contributed by atoms with Crippen molar-refractivity contribution in [2.75, 3.05) is 0 Å². The van der Waals surface area contributed by atoms with Gasteiger partial charge < -0.3 is 4.98 Å². The van der Waals surface area contributed by atoms with E-state index in [0.29, 0.717) is 10.7 Å². The van der Waals surface area contributed by atoms with Crippen LogP contribution in [0.1, 0.15) is 24.8 Å².